The molecular weight excluding hydrogens is 204 g/mol. The van der Waals surface area contributed by atoms with Crippen molar-refractivity contribution in [2.24, 2.45) is 0 Å². The lowest BCUT2D eigenvalue weighted by Crippen LogP contribution is -2.21. The van der Waals surface area contributed by atoms with E-state index in [1.165, 1.54) is 0 Å². The Hall–Kier alpha value is -0.910. The highest BCUT2D eigenvalue weighted by Gasteiger charge is 2.58. The lowest BCUT2D eigenvalue weighted by atomic mass is 10.1. The molecule has 1 saturated heterocycles. The fourth-order valence-corrected chi connectivity index (χ4v) is 2.13. The summed E-state index contributed by atoms with van der Waals surface area (Å²) in [6.45, 7) is 1.92. The van der Waals surface area contributed by atoms with Crippen LogP contribution in [0, 0.1) is 6.92 Å². The second-order valence-corrected chi connectivity index (χ2v) is 4.99. The molecule has 0 saturated carbocycles. The van der Waals surface area contributed by atoms with Crippen LogP contribution in [0.1, 0.15) is 11.1 Å². The first-order valence-electron chi connectivity index (χ1n) is 4.14. The number of hydrogen-bond donors (Lipinski definition) is 1. The van der Waals surface area contributed by atoms with Crippen LogP contribution in [0.4, 0.5) is 0 Å². The Morgan fingerprint density at radius 1 is 1.36 bits per heavy atom. The van der Waals surface area contributed by atoms with E-state index < -0.39 is 15.1 Å². The highest BCUT2D eigenvalue weighted by Crippen LogP contribution is 2.43. The number of epoxide rings is 1. The maximum atomic E-state index is 11.0. The summed E-state index contributed by atoms with van der Waals surface area (Å²) in [4.78, 5) is -1.50. The third-order valence-electron chi connectivity index (χ3n) is 2.31. The van der Waals surface area contributed by atoms with Crippen LogP contribution in [0.5, 0.6) is 0 Å². The largest absolute Gasteiger partial charge is 0.347 e. The lowest BCUT2D eigenvalue weighted by molar-refractivity contribution is 0.347. The average molecular weight is 214 g/mol. The zero-order chi connectivity index (χ0) is 10.4. The van der Waals surface area contributed by atoms with Gasteiger partial charge in [0.25, 0.3) is 0 Å². The summed E-state index contributed by atoms with van der Waals surface area (Å²) in [5.74, 6) is 0. The number of rotatable bonds is 2. The van der Waals surface area contributed by atoms with Crippen molar-refractivity contribution in [3.8, 4) is 0 Å². The molecule has 2 rings (SSSR count). The molecule has 0 amide bonds. The van der Waals surface area contributed by atoms with Gasteiger partial charge in [-0.2, -0.15) is 8.42 Å². The molecule has 0 aromatic heterocycles. The van der Waals surface area contributed by atoms with E-state index in [0.29, 0.717) is 5.56 Å². The second kappa shape index (κ2) is 2.79. The number of aryl methyl sites for hydroxylation is 1. The summed E-state index contributed by atoms with van der Waals surface area (Å²) in [6.07, 6.45) is 0. The van der Waals surface area contributed by atoms with Gasteiger partial charge in [-0.1, -0.05) is 29.8 Å². The molecular formula is C9H10O4S. The summed E-state index contributed by atoms with van der Waals surface area (Å²) in [6, 6.07) is 6.86. The molecule has 0 radical (unpaired) electrons. The zero-order valence-corrected chi connectivity index (χ0v) is 8.41. The quantitative estimate of drug-likeness (QED) is 0.590. The molecule has 0 spiro atoms. The molecule has 1 unspecified atom stereocenters. The molecule has 1 fully saturated rings. The van der Waals surface area contributed by atoms with Crippen molar-refractivity contribution >= 4 is 10.1 Å². The molecule has 1 N–H and O–H groups in total. The van der Waals surface area contributed by atoms with Gasteiger partial charge in [-0.05, 0) is 6.92 Å². The Kier molecular flexibility index (Phi) is 1.92. The average Bonchev–Trinajstić information content (AvgIpc) is 2.84. The predicted octanol–water partition coefficient (Wildman–Crippen LogP) is 1.07. The molecule has 0 bridgehead atoms. The van der Waals surface area contributed by atoms with Crippen LogP contribution < -0.4 is 0 Å². The van der Waals surface area contributed by atoms with Crippen LogP contribution in [0.25, 0.3) is 0 Å². The molecule has 1 aliphatic heterocycles. The van der Waals surface area contributed by atoms with Crippen LogP contribution in [0.2, 0.25) is 0 Å². The first-order valence-corrected chi connectivity index (χ1v) is 5.58. The predicted molar refractivity (Wildman–Crippen MR) is 50.4 cm³/mol. The Balaban J connectivity index is 2.46. The monoisotopic (exact) mass is 214 g/mol. The summed E-state index contributed by atoms with van der Waals surface area (Å²) in [7, 11) is -4.18. The number of hydrogen-bond acceptors (Lipinski definition) is 3. The van der Waals surface area contributed by atoms with Crippen molar-refractivity contribution in [3.05, 3.63) is 35.4 Å². The molecule has 1 aromatic rings. The van der Waals surface area contributed by atoms with E-state index >= 15 is 0 Å². The van der Waals surface area contributed by atoms with Gasteiger partial charge in [0.05, 0.1) is 6.61 Å². The zero-order valence-electron chi connectivity index (χ0n) is 7.60. The highest BCUT2D eigenvalue weighted by molar-refractivity contribution is 7.86. The van der Waals surface area contributed by atoms with Crippen molar-refractivity contribution in [2.45, 2.75) is 11.9 Å². The van der Waals surface area contributed by atoms with Gasteiger partial charge in [-0.25, -0.2) is 0 Å². The van der Waals surface area contributed by atoms with Crippen LogP contribution in [-0.2, 0) is 19.8 Å². The van der Waals surface area contributed by atoms with Gasteiger partial charge >= 0.3 is 10.1 Å². The maximum absolute atomic E-state index is 11.0. The fourth-order valence-electron chi connectivity index (χ4n) is 1.34. The van der Waals surface area contributed by atoms with Crippen molar-refractivity contribution in [3.63, 3.8) is 0 Å². The minimum atomic E-state index is -4.18. The highest BCUT2D eigenvalue weighted by atomic mass is 32.2. The molecule has 1 heterocycles. The summed E-state index contributed by atoms with van der Waals surface area (Å²) >= 11 is 0. The molecule has 14 heavy (non-hydrogen) atoms. The number of ether oxygens (including phenoxy) is 1. The van der Waals surface area contributed by atoms with E-state index in [1.54, 1.807) is 24.3 Å². The Morgan fingerprint density at radius 3 is 2.21 bits per heavy atom. The topological polar surface area (TPSA) is 66.9 Å². The molecule has 0 aliphatic carbocycles. The Morgan fingerprint density at radius 2 is 1.86 bits per heavy atom. The van der Waals surface area contributed by atoms with Crippen molar-refractivity contribution < 1.29 is 17.7 Å². The van der Waals surface area contributed by atoms with Gasteiger partial charge in [0.1, 0.15) is 0 Å². The molecule has 5 heteroatoms. The van der Waals surface area contributed by atoms with Crippen molar-refractivity contribution in [1.82, 2.24) is 0 Å². The minimum Gasteiger partial charge on any atom is -0.347 e. The Labute approximate surface area is 82.3 Å². The van der Waals surface area contributed by atoms with E-state index in [-0.39, 0.29) is 6.61 Å². The Bertz CT molecular complexity index is 442. The molecule has 1 atom stereocenters. The summed E-state index contributed by atoms with van der Waals surface area (Å²) in [5.41, 5.74) is 1.51. The fraction of sp³-hybridized carbons (Fsp3) is 0.333. The van der Waals surface area contributed by atoms with Gasteiger partial charge in [0.15, 0.2) is 0 Å². The minimum absolute atomic E-state index is 0.0227. The van der Waals surface area contributed by atoms with Gasteiger partial charge < -0.3 is 4.74 Å². The summed E-state index contributed by atoms with van der Waals surface area (Å²) < 4.78 is 35.9. The first-order chi connectivity index (χ1) is 6.46. The standard InChI is InChI=1S/C9H10O4S/c1-7-2-4-8(5-3-7)9(6-13-9)14(10,11)12/h2-5H,6H2,1H3,(H,10,11,12). The van der Waals surface area contributed by atoms with Gasteiger partial charge in [0, 0.05) is 5.56 Å². The van der Waals surface area contributed by atoms with E-state index in [0.717, 1.165) is 5.56 Å². The van der Waals surface area contributed by atoms with Crippen LogP contribution in [0.3, 0.4) is 0 Å². The maximum Gasteiger partial charge on any atom is 0.302 e. The van der Waals surface area contributed by atoms with Crippen LogP contribution in [-0.4, -0.2) is 19.6 Å². The van der Waals surface area contributed by atoms with Crippen molar-refractivity contribution in [1.29, 1.82) is 0 Å². The van der Waals surface area contributed by atoms with Gasteiger partial charge in [-0.15, -0.1) is 0 Å². The van der Waals surface area contributed by atoms with Gasteiger partial charge in [0.2, 0.25) is 4.93 Å². The summed E-state index contributed by atoms with van der Waals surface area (Å²) in [5, 5.41) is 0. The normalized spacial score (nSPS) is 26.1. The SMILES string of the molecule is Cc1ccc(C2(S(=O)(=O)O)CO2)cc1. The van der Waals surface area contributed by atoms with Gasteiger partial charge in [-0.3, -0.25) is 4.55 Å². The number of benzene rings is 1. The van der Waals surface area contributed by atoms with E-state index in [1.807, 2.05) is 6.92 Å². The van der Waals surface area contributed by atoms with Crippen LogP contribution in [0.15, 0.2) is 24.3 Å². The molecule has 4 nitrogen and oxygen atoms in total. The van der Waals surface area contributed by atoms with E-state index in [9.17, 15) is 8.42 Å². The van der Waals surface area contributed by atoms with E-state index in [4.69, 9.17) is 9.29 Å². The van der Waals surface area contributed by atoms with Crippen LogP contribution >= 0.6 is 0 Å². The first kappa shape index (κ1) is 9.64. The molecule has 1 aliphatic rings. The third kappa shape index (κ3) is 1.33. The lowest BCUT2D eigenvalue weighted by Gasteiger charge is -2.08. The van der Waals surface area contributed by atoms with Crippen molar-refractivity contribution in [2.75, 3.05) is 6.61 Å². The third-order valence-corrected chi connectivity index (χ3v) is 3.62. The second-order valence-electron chi connectivity index (χ2n) is 3.38. The van der Waals surface area contributed by atoms with E-state index in [2.05, 4.69) is 0 Å². The smallest absolute Gasteiger partial charge is 0.302 e. The molecule has 76 valence electrons. The molecule has 1 aromatic carbocycles.